The molecule has 2 aliphatic rings. The van der Waals surface area contributed by atoms with Crippen LogP contribution in [0.5, 0.6) is 0 Å². The van der Waals surface area contributed by atoms with Crippen LogP contribution in [0.1, 0.15) is 51.8 Å². The largest absolute Gasteiger partial charge is 0.444 e. The number of carbonyl (C=O) groups is 1. The minimum absolute atomic E-state index is 0.0318. The molecule has 1 aliphatic heterocycles. The molecule has 3 rings (SSSR count). The van der Waals surface area contributed by atoms with Gasteiger partial charge >= 0.3 is 6.09 Å². The molecule has 2 atom stereocenters. The van der Waals surface area contributed by atoms with Crippen LogP contribution in [-0.4, -0.2) is 33.3 Å². The second-order valence-corrected chi connectivity index (χ2v) is 7.72. The maximum Gasteiger partial charge on any atom is 0.413 e. The number of hydrogen-bond acceptors (Lipinski definition) is 5. The number of nitro groups is 1. The molecule has 1 saturated heterocycles. The molecule has 1 heterocycles. The third-order valence-corrected chi connectivity index (χ3v) is 4.27. The van der Waals surface area contributed by atoms with E-state index >= 15 is 0 Å². The average molecular weight is 346 g/mol. The van der Waals surface area contributed by atoms with Gasteiger partial charge in [-0.15, -0.1) is 0 Å². The van der Waals surface area contributed by atoms with Crippen molar-refractivity contribution in [3.05, 3.63) is 45.5 Å². The van der Waals surface area contributed by atoms with Gasteiger partial charge in [0.15, 0.2) is 0 Å². The van der Waals surface area contributed by atoms with E-state index in [9.17, 15) is 14.9 Å². The molecule has 1 unspecified atom stereocenters. The molecule has 0 saturated carbocycles. The lowest BCUT2D eigenvalue weighted by Crippen LogP contribution is -2.49. The third kappa shape index (κ3) is 3.00. The van der Waals surface area contributed by atoms with Gasteiger partial charge in [0.25, 0.3) is 5.69 Å². The molecule has 0 radical (unpaired) electrons. The van der Waals surface area contributed by atoms with E-state index in [0.29, 0.717) is 11.1 Å². The molecule has 1 aromatic carbocycles. The quantitative estimate of drug-likeness (QED) is 0.566. The zero-order chi connectivity index (χ0) is 18.6. The van der Waals surface area contributed by atoms with Gasteiger partial charge in [-0.05, 0) is 46.3 Å². The Kier molecular flexibility index (Phi) is 3.87. The highest BCUT2D eigenvalue weighted by molar-refractivity contribution is 5.74. The number of amides is 1. The first-order chi connectivity index (χ1) is 11.5. The molecule has 25 heavy (non-hydrogen) atoms. The topological polar surface area (TPSA) is 81.9 Å². The normalized spacial score (nSPS) is 23.8. The van der Waals surface area contributed by atoms with Gasteiger partial charge in [0.2, 0.25) is 0 Å². The molecular weight excluding hydrogens is 324 g/mol. The molecule has 134 valence electrons. The van der Waals surface area contributed by atoms with Gasteiger partial charge in [-0.2, -0.15) is 0 Å². The highest BCUT2D eigenvalue weighted by Crippen LogP contribution is 2.47. The van der Waals surface area contributed by atoms with Gasteiger partial charge < -0.3 is 9.47 Å². The van der Waals surface area contributed by atoms with E-state index < -0.39 is 28.4 Å². The number of benzene rings is 1. The van der Waals surface area contributed by atoms with E-state index in [1.165, 1.54) is 6.07 Å². The van der Waals surface area contributed by atoms with Crippen molar-refractivity contribution in [2.24, 2.45) is 0 Å². The van der Waals surface area contributed by atoms with Crippen LogP contribution in [0.3, 0.4) is 0 Å². The van der Waals surface area contributed by atoms with E-state index in [-0.39, 0.29) is 11.7 Å². The average Bonchev–Trinajstić information content (AvgIpc) is 2.74. The highest BCUT2D eigenvalue weighted by Gasteiger charge is 2.52. The van der Waals surface area contributed by atoms with Gasteiger partial charge in [0.1, 0.15) is 17.4 Å². The summed E-state index contributed by atoms with van der Waals surface area (Å²) in [6.07, 6.45) is 2.53. The SMILES string of the molecule is CC(C)(C)OC(=O)N1[C@H]2C=Cc3c(cccc3[N+](=O)[O-])C2OC1(C)C. The Labute approximate surface area is 146 Å². The second-order valence-electron chi connectivity index (χ2n) is 7.72. The Hall–Kier alpha value is -2.41. The summed E-state index contributed by atoms with van der Waals surface area (Å²) in [4.78, 5) is 25.1. The first-order valence-electron chi connectivity index (χ1n) is 8.17. The Balaban J connectivity index is 2.01. The third-order valence-electron chi connectivity index (χ3n) is 4.27. The van der Waals surface area contributed by atoms with Crippen molar-refractivity contribution < 1.29 is 19.2 Å². The fourth-order valence-corrected chi connectivity index (χ4v) is 3.37. The molecule has 0 N–H and O–H groups in total. The Morgan fingerprint density at radius 2 is 2.04 bits per heavy atom. The first-order valence-corrected chi connectivity index (χ1v) is 8.17. The lowest BCUT2D eigenvalue weighted by molar-refractivity contribution is -0.385. The zero-order valence-electron chi connectivity index (χ0n) is 15.0. The van der Waals surface area contributed by atoms with Gasteiger partial charge in [-0.3, -0.25) is 15.0 Å². The second kappa shape index (κ2) is 5.56. The molecule has 1 amide bonds. The van der Waals surface area contributed by atoms with Crippen molar-refractivity contribution in [1.82, 2.24) is 4.90 Å². The van der Waals surface area contributed by atoms with Crippen molar-refractivity contribution in [1.29, 1.82) is 0 Å². The number of fused-ring (bicyclic) bond motifs is 3. The molecule has 0 spiro atoms. The maximum atomic E-state index is 12.7. The summed E-state index contributed by atoms with van der Waals surface area (Å²) in [6, 6.07) is 4.53. The van der Waals surface area contributed by atoms with Crippen LogP contribution in [0.2, 0.25) is 0 Å². The number of nitro benzene ring substituents is 1. The van der Waals surface area contributed by atoms with Gasteiger partial charge in [0.05, 0.1) is 16.5 Å². The molecule has 1 aliphatic carbocycles. The highest BCUT2D eigenvalue weighted by atomic mass is 16.6. The summed E-state index contributed by atoms with van der Waals surface area (Å²) >= 11 is 0. The summed E-state index contributed by atoms with van der Waals surface area (Å²) < 4.78 is 11.6. The Morgan fingerprint density at radius 3 is 2.64 bits per heavy atom. The van der Waals surface area contributed by atoms with Crippen LogP contribution in [0.15, 0.2) is 24.3 Å². The van der Waals surface area contributed by atoms with Crippen molar-refractivity contribution in [2.45, 2.75) is 58.1 Å². The Morgan fingerprint density at radius 1 is 1.36 bits per heavy atom. The van der Waals surface area contributed by atoms with Crippen molar-refractivity contribution in [3.63, 3.8) is 0 Å². The first kappa shape index (κ1) is 17.4. The fraction of sp³-hybridized carbons (Fsp3) is 0.500. The van der Waals surface area contributed by atoms with Gasteiger partial charge in [0, 0.05) is 6.07 Å². The smallest absolute Gasteiger partial charge is 0.413 e. The van der Waals surface area contributed by atoms with Crippen molar-refractivity contribution in [2.75, 3.05) is 0 Å². The van der Waals surface area contributed by atoms with Crippen LogP contribution < -0.4 is 0 Å². The molecule has 7 nitrogen and oxygen atoms in total. The number of carbonyl (C=O) groups excluding carboxylic acids is 1. The predicted molar refractivity (Wildman–Crippen MR) is 91.9 cm³/mol. The standard InChI is InChI=1S/C18H22N2O5/c1-17(2,3)25-16(21)19-14-10-9-11-12(15(14)24-18(19,4)5)7-6-8-13(11)20(22)23/h6-10,14-15H,1-5H3/t14-,15?/m0/s1. The zero-order valence-corrected chi connectivity index (χ0v) is 15.0. The van der Waals surface area contributed by atoms with Crippen LogP contribution in [0, 0.1) is 10.1 Å². The summed E-state index contributed by atoms with van der Waals surface area (Å²) in [6.45, 7) is 9.01. The van der Waals surface area contributed by atoms with E-state index in [2.05, 4.69) is 0 Å². The minimum Gasteiger partial charge on any atom is -0.444 e. The minimum atomic E-state index is -0.895. The number of rotatable bonds is 1. The van der Waals surface area contributed by atoms with Crippen molar-refractivity contribution >= 4 is 17.9 Å². The van der Waals surface area contributed by atoms with E-state index in [0.717, 1.165) is 0 Å². The van der Waals surface area contributed by atoms with Crippen LogP contribution >= 0.6 is 0 Å². The number of ether oxygens (including phenoxy) is 2. The summed E-state index contributed by atoms with van der Waals surface area (Å²) in [7, 11) is 0. The monoisotopic (exact) mass is 346 g/mol. The predicted octanol–water partition coefficient (Wildman–Crippen LogP) is 4.03. The summed E-state index contributed by atoms with van der Waals surface area (Å²) in [5, 5.41) is 11.3. The number of nitrogens with zero attached hydrogens (tertiary/aromatic N) is 2. The molecular formula is C18H22N2O5. The van der Waals surface area contributed by atoms with E-state index in [4.69, 9.17) is 9.47 Å². The molecule has 1 aromatic rings. The molecule has 0 aromatic heterocycles. The molecule has 7 heteroatoms. The lowest BCUT2D eigenvalue weighted by Gasteiger charge is -2.34. The summed E-state index contributed by atoms with van der Waals surface area (Å²) in [5.41, 5.74) is -0.255. The van der Waals surface area contributed by atoms with Crippen LogP contribution in [-0.2, 0) is 9.47 Å². The fourth-order valence-electron chi connectivity index (χ4n) is 3.37. The molecule has 1 fully saturated rings. The van der Waals surface area contributed by atoms with E-state index in [1.54, 1.807) is 43.0 Å². The number of hydrogen-bond donors (Lipinski definition) is 0. The lowest BCUT2D eigenvalue weighted by atomic mass is 9.90. The maximum absolute atomic E-state index is 12.7. The Bertz CT molecular complexity index is 763. The van der Waals surface area contributed by atoms with Crippen molar-refractivity contribution in [3.8, 4) is 0 Å². The van der Waals surface area contributed by atoms with Crippen LogP contribution in [0.4, 0.5) is 10.5 Å². The van der Waals surface area contributed by atoms with E-state index in [1.807, 2.05) is 20.8 Å². The molecule has 0 bridgehead atoms. The summed E-state index contributed by atoms with van der Waals surface area (Å²) in [5.74, 6) is 0. The van der Waals surface area contributed by atoms with Crippen LogP contribution in [0.25, 0.3) is 6.08 Å². The van der Waals surface area contributed by atoms with Gasteiger partial charge in [-0.1, -0.05) is 18.2 Å². The van der Waals surface area contributed by atoms with Gasteiger partial charge in [-0.25, -0.2) is 4.79 Å².